The molecule has 24 heavy (non-hydrogen) atoms. The number of Topliss-reactive ketones (excluding diaryl/α,β-unsaturated/α-hetero) is 2. The first kappa shape index (κ1) is 14.3. The summed E-state index contributed by atoms with van der Waals surface area (Å²) in [6.45, 7) is 0. The molecule has 0 saturated carbocycles. The highest BCUT2D eigenvalue weighted by Gasteiger charge is 2.15. The number of nitrogens with zero attached hydrogens (tertiary/aromatic N) is 1. The van der Waals surface area contributed by atoms with Gasteiger partial charge in [-0.15, -0.1) is 0 Å². The summed E-state index contributed by atoms with van der Waals surface area (Å²) in [4.78, 5) is 31.9. The molecule has 4 rings (SSSR count). The van der Waals surface area contributed by atoms with Crippen molar-refractivity contribution in [2.45, 2.75) is 6.42 Å². The minimum absolute atomic E-state index is 0.153. The minimum atomic E-state index is -0.216. The number of hydrogen-bond donors (Lipinski definition) is 1. The Bertz CT molecular complexity index is 1060. The summed E-state index contributed by atoms with van der Waals surface area (Å²) in [6, 6.07) is 16.8. The van der Waals surface area contributed by atoms with Crippen molar-refractivity contribution < 1.29 is 9.59 Å². The highest BCUT2D eigenvalue weighted by Crippen LogP contribution is 2.26. The summed E-state index contributed by atoms with van der Waals surface area (Å²) in [6.07, 6.45) is 2.93. The van der Waals surface area contributed by atoms with Crippen molar-refractivity contribution in [1.29, 1.82) is 0 Å². The zero-order valence-corrected chi connectivity index (χ0v) is 12.8. The first-order valence-electron chi connectivity index (χ1n) is 7.69. The number of carbonyl (C=O) groups is 2. The number of carbonyl (C=O) groups excluding carboxylic acids is 2. The van der Waals surface area contributed by atoms with E-state index in [1.807, 2.05) is 36.4 Å². The molecular formula is C20H14N2O2. The third kappa shape index (κ3) is 2.48. The Hall–Kier alpha value is -3.27. The van der Waals surface area contributed by atoms with Gasteiger partial charge in [0.15, 0.2) is 11.6 Å². The Morgan fingerprint density at radius 1 is 0.833 bits per heavy atom. The first-order chi connectivity index (χ1) is 11.7. The molecule has 0 radical (unpaired) electrons. The van der Waals surface area contributed by atoms with Crippen LogP contribution in [-0.2, 0) is 0 Å². The number of aromatic nitrogens is 2. The molecule has 116 valence electrons. The van der Waals surface area contributed by atoms with Gasteiger partial charge in [-0.25, -0.2) is 0 Å². The lowest BCUT2D eigenvalue weighted by atomic mass is 10.0. The van der Waals surface area contributed by atoms with Crippen LogP contribution in [0.15, 0.2) is 67.0 Å². The molecule has 0 aliphatic heterocycles. The van der Waals surface area contributed by atoms with Crippen LogP contribution in [0.4, 0.5) is 0 Å². The Morgan fingerprint density at radius 3 is 2.46 bits per heavy atom. The maximum atomic E-state index is 12.5. The summed E-state index contributed by atoms with van der Waals surface area (Å²) in [5.41, 5.74) is 3.01. The molecule has 0 aliphatic carbocycles. The molecule has 0 amide bonds. The smallest absolute Gasteiger partial charge is 0.172 e. The van der Waals surface area contributed by atoms with Crippen LogP contribution in [0, 0.1) is 0 Å². The number of ketones is 2. The van der Waals surface area contributed by atoms with Gasteiger partial charge in [0.25, 0.3) is 0 Å². The van der Waals surface area contributed by atoms with Crippen LogP contribution in [0.5, 0.6) is 0 Å². The van der Waals surface area contributed by atoms with Crippen LogP contribution >= 0.6 is 0 Å². The van der Waals surface area contributed by atoms with Crippen LogP contribution in [0.25, 0.3) is 21.8 Å². The van der Waals surface area contributed by atoms with E-state index in [2.05, 4.69) is 9.97 Å². The van der Waals surface area contributed by atoms with Gasteiger partial charge >= 0.3 is 0 Å². The van der Waals surface area contributed by atoms with Crippen LogP contribution < -0.4 is 0 Å². The molecule has 0 unspecified atom stereocenters. The monoisotopic (exact) mass is 314 g/mol. The number of pyridine rings is 1. The van der Waals surface area contributed by atoms with Gasteiger partial charge < -0.3 is 4.98 Å². The molecule has 1 N–H and O–H groups in total. The topological polar surface area (TPSA) is 62.8 Å². The van der Waals surface area contributed by atoms with Crippen LogP contribution in [0.3, 0.4) is 0 Å². The fraction of sp³-hybridized carbons (Fsp3) is 0.0500. The molecule has 0 atom stereocenters. The molecular weight excluding hydrogens is 300 g/mol. The maximum absolute atomic E-state index is 12.5. The molecule has 4 nitrogen and oxygen atoms in total. The van der Waals surface area contributed by atoms with Gasteiger partial charge in [0.1, 0.15) is 0 Å². The number of rotatable bonds is 4. The van der Waals surface area contributed by atoms with E-state index < -0.39 is 0 Å². The van der Waals surface area contributed by atoms with Crippen molar-refractivity contribution in [1.82, 2.24) is 9.97 Å². The zero-order chi connectivity index (χ0) is 16.5. The fourth-order valence-corrected chi connectivity index (χ4v) is 2.90. The Kier molecular flexibility index (Phi) is 3.43. The average molecular weight is 314 g/mol. The van der Waals surface area contributed by atoms with Crippen molar-refractivity contribution in [3.63, 3.8) is 0 Å². The number of benzene rings is 2. The maximum Gasteiger partial charge on any atom is 0.172 e. The normalized spacial score (nSPS) is 11.0. The second-order valence-electron chi connectivity index (χ2n) is 5.70. The van der Waals surface area contributed by atoms with Crippen LogP contribution in [0.1, 0.15) is 27.1 Å². The summed E-state index contributed by atoms with van der Waals surface area (Å²) in [7, 11) is 0. The Morgan fingerprint density at radius 2 is 1.62 bits per heavy atom. The zero-order valence-electron chi connectivity index (χ0n) is 12.8. The molecule has 0 fully saturated rings. The SMILES string of the molecule is O=C(CC(=O)c1ccc2[nH]c3ccccc3c2c1)c1cccnc1. The van der Waals surface area contributed by atoms with Crippen molar-refractivity contribution in [2.24, 2.45) is 0 Å². The number of fused-ring (bicyclic) bond motifs is 3. The third-order valence-corrected chi connectivity index (χ3v) is 4.13. The molecule has 0 spiro atoms. The molecule has 0 bridgehead atoms. The van der Waals surface area contributed by atoms with Crippen molar-refractivity contribution in [3.05, 3.63) is 78.1 Å². The van der Waals surface area contributed by atoms with E-state index in [-0.39, 0.29) is 18.0 Å². The van der Waals surface area contributed by atoms with Gasteiger partial charge in [0, 0.05) is 45.3 Å². The second kappa shape index (κ2) is 5.74. The third-order valence-electron chi connectivity index (χ3n) is 4.13. The number of H-pyrrole nitrogens is 1. The van der Waals surface area contributed by atoms with Crippen molar-refractivity contribution in [3.8, 4) is 0 Å². The first-order valence-corrected chi connectivity index (χ1v) is 7.69. The number of para-hydroxylation sites is 1. The van der Waals surface area contributed by atoms with E-state index >= 15 is 0 Å². The van der Waals surface area contributed by atoms with E-state index in [4.69, 9.17) is 0 Å². The van der Waals surface area contributed by atoms with E-state index in [1.165, 1.54) is 6.20 Å². The van der Waals surface area contributed by atoms with Gasteiger partial charge in [0.05, 0.1) is 6.42 Å². The summed E-state index contributed by atoms with van der Waals surface area (Å²) < 4.78 is 0. The Balaban J connectivity index is 1.67. The van der Waals surface area contributed by atoms with Crippen LogP contribution in [-0.4, -0.2) is 21.5 Å². The molecule has 2 aromatic carbocycles. The molecule has 2 heterocycles. The minimum Gasteiger partial charge on any atom is -0.355 e. The molecule has 4 aromatic rings. The van der Waals surface area contributed by atoms with Gasteiger partial charge in [0.2, 0.25) is 0 Å². The van der Waals surface area contributed by atoms with Gasteiger partial charge in [-0.3, -0.25) is 14.6 Å². The molecule has 0 aliphatic rings. The quantitative estimate of drug-likeness (QED) is 0.454. The van der Waals surface area contributed by atoms with E-state index in [0.717, 1.165) is 21.8 Å². The number of aromatic amines is 1. The predicted octanol–water partition coefficient (Wildman–Crippen LogP) is 4.17. The number of nitrogens with one attached hydrogen (secondary N) is 1. The largest absolute Gasteiger partial charge is 0.355 e. The lowest BCUT2D eigenvalue weighted by Gasteiger charge is -2.02. The molecule has 2 aromatic heterocycles. The predicted molar refractivity (Wildman–Crippen MR) is 93.3 cm³/mol. The van der Waals surface area contributed by atoms with Crippen LogP contribution in [0.2, 0.25) is 0 Å². The standard InChI is InChI=1S/C20H14N2O2/c23-19(11-20(24)14-4-3-9-21-12-14)13-7-8-18-16(10-13)15-5-1-2-6-17(15)22-18/h1-10,12,22H,11H2. The highest BCUT2D eigenvalue weighted by atomic mass is 16.1. The van der Waals surface area contributed by atoms with Crippen molar-refractivity contribution >= 4 is 33.4 Å². The summed E-state index contributed by atoms with van der Waals surface area (Å²) >= 11 is 0. The average Bonchev–Trinajstić information content (AvgIpc) is 3.00. The van der Waals surface area contributed by atoms with E-state index in [1.54, 1.807) is 24.4 Å². The highest BCUT2D eigenvalue weighted by molar-refractivity contribution is 6.16. The Labute approximate surface area is 138 Å². The summed E-state index contributed by atoms with van der Waals surface area (Å²) in [5, 5.41) is 2.06. The number of hydrogen-bond acceptors (Lipinski definition) is 3. The lowest BCUT2D eigenvalue weighted by molar-refractivity contribution is 0.0894. The molecule has 4 heteroatoms. The van der Waals surface area contributed by atoms with Crippen molar-refractivity contribution in [2.75, 3.05) is 0 Å². The van der Waals surface area contributed by atoms with E-state index in [9.17, 15) is 9.59 Å². The van der Waals surface area contributed by atoms with Gasteiger partial charge in [-0.05, 0) is 36.4 Å². The summed E-state index contributed by atoms with van der Waals surface area (Å²) in [5.74, 6) is -0.400. The fourth-order valence-electron chi connectivity index (χ4n) is 2.90. The van der Waals surface area contributed by atoms with Gasteiger partial charge in [-0.1, -0.05) is 18.2 Å². The second-order valence-corrected chi connectivity index (χ2v) is 5.70. The molecule has 0 saturated heterocycles. The lowest BCUT2D eigenvalue weighted by Crippen LogP contribution is -2.08. The van der Waals surface area contributed by atoms with E-state index in [0.29, 0.717) is 11.1 Å². The van der Waals surface area contributed by atoms with Gasteiger partial charge in [-0.2, -0.15) is 0 Å².